The van der Waals surface area contributed by atoms with Gasteiger partial charge in [0.05, 0.1) is 5.52 Å². The minimum absolute atomic E-state index is 0.265. The number of anilines is 1. The van der Waals surface area contributed by atoms with Crippen molar-refractivity contribution in [3.05, 3.63) is 59.2 Å². The summed E-state index contributed by atoms with van der Waals surface area (Å²) in [6.07, 6.45) is 0.893. The average molecular weight is 348 g/mol. The van der Waals surface area contributed by atoms with E-state index in [4.69, 9.17) is 4.98 Å². The highest BCUT2D eigenvalue weighted by Crippen LogP contribution is 2.38. The van der Waals surface area contributed by atoms with Gasteiger partial charge in [-0.3, -0.25) is 0 Å². The number of fused-ring (bicyclic) bond motifs is 1. The van der Waals surface area contributed by atoms with Crippen LogP contribution >= 0.6 is 0 Å². The van der Waals surface area contributed by atoms with Crippen molar-refractivity contribution in [2.75, 3.05) is 18.5 Å². The number of rotatable bonds is 5. The second-order valence-electron chi connectivity index (χ2n) is 6.53. The van der Waals surface area contributed by atoms with Gasteiger partial charge < -0.3 is 10.0 Å². The molecule has 3 aromatic rings. The van der Waals surface area contributed by atoms with Gasteiger partial charge >= 0.3 is 5.97 Å². The van der Waals surface area contributed by atoms with Gasteiger partial charge in [-0.15, -0.1) is 0 Å². The maximum absolute atomic E-state index is 12.3. The third-order valence-corrected chi connectivity index (χ3v) is 4.84. The fourth-order valence-corrected chi connectivity index (χ4v) is 3.34. The maximum Gasteiger partial charge on any atom is 0.340 e. The van der Waals surface area contributed by atoms with E-state index in [0.717, 1.165) is 34.0 Å². The lowest BCUT2D eigenvalue weighted by molar-refractivity contribution is 0.0698. The highest BCUT2D eigenvalue weighted by atomic mass is 16.4. The number of pyridine rings is 1. The zero-order chi connectivity index (χ0) is 18.8. The second-order valence-corrected chi connectivity index (χ2v) is 6.53. The summed E-state index contributed by atoms with van der Waals surface area (Å²) in [5, 5.41) is 10.9. The van der Waals surface area contributed by atoms with Crippen molar-refractivity contribution in [1.29, 1.82) is 0 Å². The molecular formula is C22H24N2O2. The SMILES string of the molecule is CCc1cc(C)c2nc(N(C)CC)c(C(=O)O)c(-c3ccccc3)c2c1. The van der Waals surface area contributed by atoms with Gasteiger partial charge in [-0.1, -0.05) is 43.3 Å². The van der Waals surface area contributed by atoms with Gasteiger partial charge in [-0.25, -0.2) is 9.78 Å². The molecular weight excluding hydrogens is 324 g/mol. The van der Waals surface area contributed by atoms with Crippen LogP contribution in [0.2, 0.25) is 0 Å². The van der Waals surface area contributed by atoms with Gasteiger partial charge in [0, 0.05) is 24.5 Å². The molecule has 0 fully saturated rings. The van der Waals surface area contributed by atoms with Crippen LogP contribution in [0.4, 0.5) is 5.82 Å². The van der Waals surface area contributed by atoms with Crippen molar-refractivity contribution in [3.8, 4) is 11.1 Å². The van der Waals surface area contributed by atoms with Gasteiger partial charge in [0.1, 0.15) is 11.4 Å². The summed E-state index contributed by atoms with van der Waals surface area (Å²) in [5.74, 6) is -0.438. The quantitative estimate of drug-likeness (QED) is 0.710. The van der Waals surface area contributed by atoms with E-state index in [-0.39, 0.29) is 5.56 Å². The van der Waals surface area contributed by atoms with Gasteiger partial charge in [-0.05, 0) is 43.0 Å². The number of hydrogen-bond donors (Lipinski definition) is 1. The predicted octanol–water partition coefficient (Wildman–Crippen LogP) is 4.93. The van der Waals surface area contributed by atoms with Gasteiger partial charge in [0.15, 0.2) is 0 Å². The van der Waals surface area contributed by atoms with E-state index < -0.39 is 5.97 Å². The highest BCUT2D eigenvalue weighted by Gasteiger charge is 2.24. The topological polar surface area (TPSA) is 53.4 Å². The Morgan fingerprint density at radius 3 is 2.42 bits per heavy atom. The molecule has 0 radical (unpaired) electrons. The van der Waals surface area contributed by atoms with E-state index >= 15 is 0 Å². The molecule has 1 aromatic heterocycles. The summed E-state index contributed by atoms with van der Waals surface area (Å²) in [6.45, 7) is 6.82. The lowest BCUT2D eigenvalue weighted by atomic mass is 9.92. The average Bonchev–Trinajstić information content (AvgIpc) is 2.66. The maximum atomic E-state index is 12.3. The first-order valence-corrected chi connectivity index (χ1v) is 8.95. The van der Waals surface area contributed by atoms with Crippen molar-refractivity contribution >= 4 is 22.7 Å². The van der Waals surface area contributed by atoms with Crippen LogP contribution in [0.25, 0.3) is 22.0 Å². The van der Waals surface area contributed by atoms with Crippen molar-refractivity contribution in [3.63, 3.8) is 0 Å². The van der Waals surface area contributed by atoms with Crippen LogP contribution in [-0.4, -0.2) is 29.7 Å². The van der Waals surface area contributed by atoms with Crippen LogP contribution in [0.3, 0.4) is 0 Å². The molecule has 0 aliphatic rings. The minimum atomic E-state index is -0.951. The Morgan fingerprint density at radius 2 is 1.85 bits per heavy atom. The Balaban J connectivity index is 2.54. The molecule has 134 valence electrons. The van der Waals surface area contributed by atoms with E-state index in [1.807, 2.05) is 56.1 Å². The Kier molecular flexibility index (Phi) is 4.94. The molecule has 0 spiro atoms. The summed E-state index contributed by atoms with van der Waals surface area (Å²) in [7, 11) is 1.88. The highest BCUT2D eigenvalue weighted by molar-refractivity contribution is 6.10. The minimum Gasteiger partial charge on any atom is -0.478 e. The number of carboxylic acid groups (broad SMARTS) is 1. The molecule has 0 saturated carbocycles. The van der Waals surface area contributed by atoms with Crippen LogP contribution in [0.15, 0.2) is 42.5 Å². The van der Waals surface area contributed by atoms with Crippen LogP contribution < -0.4 is 4.90 Å². The molecule has 0 aliphatic carbocycles. The largest absolute Gasteiger partial charge is 0.478 e. The van der Waals surface area contributed by atoms with E-state index in [2.05, 4.69) is 19.1 Å². The van der Waals surface area contributed by atoms with Crippen LogP contribution in [-0.2, 0) is 6.42 Å². The Labute approximate surface area is 154 Å². The number of benzene rings is 2. The Bertz CT molecular complexity index is 965. The Hall–Kier alpha value is -2.88. The lowest BCUT2D eigenvalue weighted by Gasteiger charge is -2.22. The third kappa shape index (κ3) is 3.03. The first kappa shape index (κ1) is 17.9. The van der Waals surface area contributed by atoms with Gasteiger partial charge in [-0.2, -0.15) is 0 Å². The van der Waals surface area contributed by atoms with Gasteiger partial charge in [0.25, 0.3) is 0 Å². The van der Waals surface area contributed by atoms with E-state index in [9.17, 15) is 9.90 Å². The smallest absolute Gasteiger partial charge is 0.340 e. The first-order chi connectivity index (χ1) is 12.5. The first-order valence-electron chi connectivity index (χ1n) is 8.95. The number of aryl methyl sites for hydroxylation is 2. The molecule has 2 aromatic carbocycles. The number of aromatic carboxylic acids is 1. The zero-order valence-corrected chi connectivity index (χ0v) is 15.7. The number of carbonyl (C=O) groups is 1. The molecule has 4 nitrogen and oxygen atoms in total. The number of hydrogen-bond acceptors (Lipinski definition) is 3. The van der Waals surface area contributed by atoms with Crippen molar-refractivity contribution in [1.82, 2.24) is 4.98 Å². The van der Waals surface area contributed by atoms with Crippen LogP contribution in [0.1, 0.15) is 35.3 Å². The zero-order valence-electron chi connectivity index (χ0n) is 15.7. The second kappa shape index (κ2) is 7.16. The van der Waals surface area contributed by atoms with Crippen molar-refractivity contribution < 1.29 is 9.90 Å². The van der Waals surface area contributed by atoms with Crippen molar-refractivity contribution in [2.45, 2.75) is 27.2 Å². The summed E-state index contributed by atoms with van der Waals surface area (Å²) in [5.41, 5.74) is 5.02. The molecule has 0 unspecified atom stereocenters. The van der Waals surface area contributed by atoms with Gasteiger partial charge in [0.2, 0.25) is 0 Å². The molecule has 1 heterocycles. The van der Waals surface area contributed by atoms with E-state index in [0.29, 0.717) is 12.4 Å². The number of nitrogens with zero attached hydrogens (tertiary/aromatic N) is 2. The van der Waals surface area contributed by atoms with Crippen molar-refractivity contribution in [2.24, 2.45) is 0 Å². The molecule has 0 atom stereocenters. The fraction of sp³-hybridized carbons (Fsp3) is 0.273. The summed E-state index contributed by atoms with van der Waals surface area (Å²) in [4.78, 5) is 18.9. The number of carboxylic acids is 1. The molecule has 0 saturated heterocycles. The van der Waals surface area contributed by atoms with Crippen LogP contribution in [0, 0.1) is 6.92 Å². The summed E-state index contributed by atoms with van der Waals surface area (Å²) in [6, 6.07) is 14.0. The van der Waals surface area contributed by atoms with E-state index in [1.54, 1.807) is 0 Å². The monoisotopic (exact) mass is 348 g/mol. The fourth-order valence-electron chi connectivity index (χ4n) is 3.34. The lowest BCUT2D eigenvalue weighted by Crippen LogP contribution is -2.21. The Morgan fingerprint density at radius 1 is 1.15 bits per heavy atom. The predicted molar refractivity (Wildman–Crippen MR) is 107 cm³/mol. The van der Waals surface area contributed by atoms with Crippen LogP contribution in [0.5, 0.6) is 0 Å². The third-order valence-electron chi connectivity index (χ3n) is 4.84. The molecule has 26 heavy (non-hydrogen) atoms. The summed E-state index contributed by atoms with van der Waals surface area (Å²) >= 11 is 0. The molecule has 0 aliphatic heterocycles. The standard InChI is InChI=1S/C22H24N2O2/c1-5-15-12-14(3)20-17(13-15)18(16-10-8-7-9-11-16)19(22(25)26)21(23-20)24(4)6-2/h7-13H,5-6H2,1-4H3,(H,25,26). The molecule has 1 N–H and O–H groups in total. The molecule has 3 rings (SSSR count). The van der Waals surface area contributed by atoms with E-state index in [1.165, 1.54) is 5.56 Å². The molecule has 0 bridgehead atoms. The number of aromatic nitrogens is 1. The normalized spacial score (nSPS) is 10.9. The summed E-state index contributed by atoms with van der Waals surface area (Å²) < 4.78 is 0. The molecule has 0 amide bonds. The molecule has 4 heteroatoms.